The maximum Gasteiger partial charge on any atom is 0.341 e. The number of esters is 1. The Hall–Kier alpha value is -1.26. The lowest BCUT2D eigenvalue weighted by Gasteiger charge is -2.22. The van der Waals surface area contributed by atoms with Gasteiger partial charge in [0.2, 0.25) is 0 Å². The lowest BCUT2D eigenvalue weighted by Crippen LogP contribution is -2.30. The van der Waals surface area contributed by atoms with Gasteiger partial charge in [-0.1, -0.05) is 12.1 Å². The minimum Gasteiger partial charge on any atom is -0.493 e. The number of benzene rings is 1. The number of hydrogen-bond donors (Lipinski definition) is 1. The van der Waals surface area contributed by atoms with E-state index in [1.54, 1.807) is 13.0 Å². The average Bonchev–Trinajstić information content (AvgIpc) is 2.49. The van der Waals surface area contributed by atoms with Gasteiger partial charge < -0.3 is 14.8 Å². The normalized spacial score (nSPS) is 17.7. The Bertz CT molecular complexity index is 433. The molecule has 1 N–H and O–H groups in total. The zero-order chi connectivity index (χ0) is 14.2. The molecule has 2 rings (SSSR count). The van der Waals surface area contributed by atoms with Gasteiger partial charge in [0.05, 0.1) is 13.2 Å². The molecule has 1 saturated heterocycles. The molecule has 0 amide bonds. The van der Waals surface area contributed by atoms with Crippen LogP contribution in [0.25, 0.3) is 0 Å². The zero-order valence-corrected chi connectivity index (χ0v) is 13.3. The third kappa shape index (κ3) is 5.56. The predicted octanol–water partition coefficient (Wildman–Crippen LogP) is 3.05. The highest BCUT2D eigenvalue weighted by molar-refractivity contribution is 5.92. The number of rotatable bonds is 6. The molecule has 0 radical (unpaired) electrons. The van der Waals surface area contributed by atoms with Crippen LogP contribution in [0.15, 0.2) is 24.3 Å². The van der Waals surface area contributed by atoms with E-state index in [9.17, 15) is 4.79 Å². The summed E-state index contributed by atoms with van der Waals surface area (Å²) in [5, 5.41) is 3.40. The molecule has 5 heteroatoms. The van der Waals surface area contributed by atoms with E-state index in [1.807, 2.05) is 18.2 Å². The molecule has 0 aliphatic carbocycles. The number of carbonyl (C=O) groups excluding carboxylic acids is 1. The smallest absolute Gasteiger partial charge is 0.341 e. The molecule has 1 aliphatic rings. The fourth-order valence-corrected chi connectivity index (χ4v) is 2.48. The van der Waals surface area contributed by atoms with Gasteiger partial charge in [0.1, 0.15) is 11.3 Å². The number of piperidine rings is 1. The van der Waals surface area contributed by atoms with Crippen molar-refractivity contribution in [2.75, 3.05) is 26.3 Å². The van der Waals surface area contributed by atoms with Crippen LogP contribution >= 0.6 is 12.4 Å². The van der Waals surface area contributed by atoms with E-state index in [4.69, 9.17) is 9.47 Å². The number of nitrogens with one attached hydrogen (secondary N) is 1. The number of para-hydroxylation sites is 1. The molecule has 1 aliphatic heterocycles. The first kappa shape index (κ1) is 17.8. The van der Waals surface area contributed by atoms with Crippen molar-refractivity contribution in [1.82, 2.24) is 5.32 Å². The van der Waals surface area contributed by atoms with Crippen LogP contribution in [0.1, 0.15) is 36.5 Å². The standard InChI is InChI=1S/C16H23NO3.ClH/c1-2-19-16(18)14-7-3-4-8-15(14)20-11-9-13-6-5-10-17-12-13;/h3-4,7-8,13,17H,2,5-6,9-12H2,1H3;1H. The summed E-state index contributed by atoms with van der Waals surface area (Å²) in [4.78, 5) is 11.8. The van der Waals surface area contributed by atoms with Crippen molar-refractivity contribution in [2.24, 2.45) is 5.92 Å². The molecule has 1 unspecified atom stereocenters. The molecule has 21 heavy (non-hydrogen) atoms. The van der Waals surface area contributed by atoms with Crippen LogP contribution in [0, 0.1) is 5.92 Å². The van der Waals surface area contributed by atoms with Crippen LogP contribution < -0.4 is 10.1 Å². The molecule has 4 nitrogen and oxygen atoms in total. The van der Waals surface area contributed by atoms with Crippen LogP contribution in [-0.2, 0) is 4.74 Å². The topological polar surface area (TPSA) is 47.6 Å². The van der Waals surface area contributed by atoms with E-state index in [1.165, 1.54) is 12.8 Å². The zero-order valence-electron chi connectivity index (χ0n) is 12.5. The van der Waals surface area contributed by atoms with Crippen molar-refractivity contribution < 1.29 is 14.3 Å². The molecule has 1 heterocycles. The SMILES string of the molecule is CCOC(=O)c1ccccc1OCCC1CCCNC1.Cl. The largest absolute Gasteiger partial charge is 0.493 e. The minimum atomic E-state index is -0.317. The first-order valence-corrected chi connectivity index (χ1v) is 7.41. The predicted molar refractivity (Wildman–Crippen MR) is 85.4 cm³/mol. The fourth-order valence-electron chi connectivity index (χ4n) is 2.48. The van der Waals surface area contributed by atoms with E-state index in [-0.39, 0.29) is 18.4 Å². The Labute approximate surface area is 132 Å². The molecule has 0 bridgehead atoms. The van der Waals surface area contributed by atoms with Gasteiger partial charge in [-0.05, 0) is 57.3 Å². The van der Waals surface area contributed by atoms with Gasteiger partial charge >= 0.3 is 5.97 Å². The van der Waals surface area contributed by atoms with E-state index in [2.05, 4.69) is 5.32 Å². The second-order valence-electron chi connectivity index (χ2n) is 5.07. The summed E-state index contributed by atoms with van der Waals surface area (Å²) in [5.41, 5.74) is 0.510. The van der Waals surface area contributed by atoms with Gasteiger partial charge in [-0.3, -0.25) is 0 Å². The summed E-state index contributed by atoms with van der Waals surface area (Å²) < 4.78 is 10.8. The van der Waals surface area contributed by atoms with Crippen LogP contribution in [0.4, 0.5) is 0 Å². The molecule has 1 fully saturated rings. The molecule has 0 saturated carbocycles. The van der Waals surface area contributed by atoms with E-state index < -0.39 is 0 Å². The van der Waals surface area contributed by atoms with E-state index in [0.29, 0.717) is 30.4 Å². The lowest BCUT2D eigenvalue weighted by atomic mass is 9.97. The Morgan fingerprint density at radius 3 is 2.90 bits per heavy atom. The average molecular weight is 314 g/mol. The number of carbonyl (C=O) groups is 1. The van der Waals surface area contributed by atoms with E-state index >= 15 is 0 Å². The molecule has 0 aromatic heterocycles. The maximum atomic E-state index is 11.8. The summed E-state index contributed by atoms with van der Waals surface area (Å²) in [7, 11) is 0. The molecule has 1 aromatic rings. The Kier molecular flexibility index (Phi) is 8.16. The number of ether oxygens (including phenoxy) is 2. The van der Waals surface area contributed by atoms with Gasteiger partial charge in [-0.15, -0.1) is 12.4 Å². The van der Waals surface area contributed by atoms with Gasteiger partial charge in [0.25, 0.3) is 0 Å². The molecule has 0 spiro atoms. The summed E-state index contributed by atoms with van der Waals surface area (Å²) in [6, 6.07) is 7.27. The third-order valence-corrected chi connectivity index (χ3v) is 3.57. The van der Waals surface area contributed by atoms with Crippen LogP contribution in [-0.4, -0.2) is 32.3 Å². The minimum absolute atomic E-state index is 0. The monoisotopic (exact) mass is 313 g/mol. The quantitative estimate of drug-likeness (QED) is 0.820. The highest BCUT2D eigenvalue weighted by Gasteiger charge is 2.15. The second kappa shape index (κ2) is 9.64. The maximum absolute atomic E-state index is 11.8. The Morgan fingerprint density at radius 2 is 2.19 bits per heavy atom. The van der Waals surface area contributed by atoms with Gasteiger partial charge in [0.15, 0.2) is 0 Å². The molecule has 1 atom stereocenters. The second-order valence-corrected chi connectivity index (χ2v) is 5.07. The third-order valence-electron chi connectivity index (χ3n) is 3.57. The summed E-state index contributed by atoms with van der Waals surface area (Å²) in [6.07, 6.45) is 3.52. The van der Waals surface area contributed by atoms with Gasteiger partial charge in [-0.25, -0.2) is 4.79 Å². The van der Waals surface area contributed by atoms with Crippen molar-refractivity contribution in [3.63, 3.8) is 0 Å². The highest BCUT2D eigenvalue weighted by Crippen LogP contribution is 2.20. The lowest BCUT2D eigenvalue weighted by molar-refractivity contribution is 0.0521. The Balaban J connectivity index is 0.00000220. The van der Waals surface area contributed by atoms with Crippen LogP contribution in [0.3, 0.4) is 0 Å². The van der Waals surface area contributed by atoms with E-state index in [0.717, 1.165) is 19.5 Å². The van der Waals surface area contributed by atoms with Crippen LogP contribution in [0.2, 0.25) is 0 Å². The summed E-state index contributed by atoms with van der Waals surface area (Å²) in [5.74, 6) is 0.982. The number of hydrogen-bond acceptors (Lipinski definition) is 4. The van der Waals surface area contributed by atoms with Crippen molar-refractivity contribution in [1.29, 1.82) is 0 Å². The van der Waals surface area contributed by atoms with Crippen molar-refractivity contribution in [2.45, 2.75) is 26.2 Å². The highest BCUT2D eigenvalue weighted by atomic mass is 35.5. The van der Waals surface area contributed by atoms with Gasteiger partial charge in [0, 0.05) is 0 Å². The molecular weight excluding hydrogens is 290 g/mol. The first-order valence-electron chi connectivity index (χ1n) is 7.41. The molecular formula is C16H24ClNO3. The molecule has 1 aromatic carbocycles. The number of halogens is 1. The fraction of sp³-hybridized carbons (Fsp3) is 0.562. The van der Waals surface area contributed by atoms with Crippen LogP contribution in [0.5, 0.6) is 5.75 Å². The van der Waals surface area contributed by atoms with Gasteiger partial charge in [-0.2, -0.15) is 0 Å². The van der Waals surface area contributed by atoms with Crippen molar-refractivity contribution in [3.05, 3.63) is 29.8 Å². The first-order chi connectivity index (χ1) is 9.81. The van der Waals surface area contributed by atoms with Crippen molar-refractivity contribution >= 4 is 18.4 Å². The molecule has 118 valence electrons. The summed E-state index contributed by atoms with van der Waals surface area (Å²) in [6.45, 7) is 5.02. The summed E-state index contributed by atoms with van der Waals surface area (Å²) >= 11 is 0. The Morgan fingerprint density at radius 1 is 1.38 bits per heavy atom. The van der Waals surface area contributed by atoms with Crippen molar-refractivity contribution in [3.8, 4) is 5.75 Å².